The highest BCUT2D eigenvalue weighted by molar-refractivity contribution is 5.17. The molecule has 2 unspecified atom stereocenters. The Morgan fingerprint density at radius 3 is 3.17 bits per heavy atom. The van der Waals surface area contributed by atoms with Gasteiger partial charge in [-0.1, -0.05) is 13.0 Å². The van der Waals surface area contributed by atoms with Crippen molar-refractivity contribution in [3.05, 3.63) is 23.9 Å². The Morgan fingerprint density at radius 1 is 1.50 bits per heavy atom. The Morgan fingerprint density at radius 2 is 2.39 bits per heavy atom. The van der Waals surface area contributed by atoms with Gasteiger partial charge in [0, 0.05) is 18.7 Å². The molecule has 4 heteroatoms. The third-order valence-electron chi connectivity index (χ3n) is 3.25. The van der Waals surface area contributed by atoms with Crippen molar-refractivity contribution in [2.24, 2.45) is 0 Å². The molecule has 1 aromatic rings. The average Bonchev–Trinajstić information content (AvgIpc) is 2.45. The van der Waals surface area contributed by atoms with Gasteiger partial charge in [0.2, 0.25) is 5.88 Å². The zero-order valence-electron chi connectivity index (χ0n) is 11.2. The van der Waals surface area contributed by atoms with E-state index in [0.29, 0.717) is 11.9 Å². The Labute approximate surface area is 109 Å². The first-order chi connectivity index (χ1) is 8.83. The van der Waals surface area contributed by atoms with Crippen LogP contribution in [0.5, 0.6) is 5.88 Å². The summed E-state index contributed by atoms with van der Waals surface area (Å²) in [6.45, 7) is 4.06. The van der Waals surface area contributed by atoms with Gasteiger partial charge in [0.05, 0.1) is 12.8 Å². The lowest BCUT2D eigenvalue weighted by Crippen LogP contribution is -2.36. The van der Waals surface area contributed by atoms with Crippen molar-refractivity contribution in [2.75, 3.05) is 20.3 Å². The zero-order chi connectivity index (χ0) is 12.8. The van der Waals surface area contributed by atoms with Crippen LogP contribution in [-0.2, 0) is 4.74 Å². The van der Waals surface area contributed by atoms with Crippen molar-refractivity contribution in [1.82, 2.24) is 10.3 Å². The van der Waals surface area contributed by atoms with Gasteiger partial charge >= 0.3 is 0 Å². The second-order valence-electron chi connectivity index (χ2n) is 4.64. The Balaban J connectivity index is 1.98. The van der Waals surface area contributed by atoms with Gasteiger partial charge in [-0.3, -0.25) is 0 Å². The largest absolute Gasteiger partial charge is 0.481 e. The SMILES string of the molecule is CCCNC1CCOC(c2cccc(OC)n2)C1. The number of nitrogens with one attached hydrogen (secondary N) is 1. The van der Waals surface area contributed by atoms with E-state index < -0.39 is 0 Å². The van der Waals surface area contributed by atoms with Crippen molar-refractivity contribution in [2.45, 2.75) is 38.3 Å². The third kappa shape index (κ3) is 3.43. The fourth-order valence-corrected chi connectivity index (χ4v) is 2.26. The van der Waals surface area contributed by atoms with Gasteiger partial charge in [-0.2, -0.15) is 0 Å². The predicted molar refractivity (Wildman–Crippen MR) is 70.8 cm³/mol. The number of pyridine rings is 1. The number of ether oxygens (including phenoxy) is 2. The molecule has 2 rings (SSSR count). The minimum atomic E-state index is 0.0863. The standard InChI is InChI=1S/C14H22N2O2/c1-3-8-15-11-7-9-18-13(10-11)12-5-4-6-14(16-12)17-2/h4-6,11,13,15H,3,7-10H2,1-2H3. The van der Waals surface area contributed by atoms with E-state index in [-0.39, 0.29) is 6.10 Å². The van der Waals surface area contributed by atoms with E-state index >= 15 is 0 Å². The summed E-state index contributed by atoms with van der Waals surface area (Å²) in [6, 6.07) is 6.37. The minimum Gasteiger partial charge on any atom is -0.481 e. The molecule has 0 radical (unpaired) electrons. The summed E-state index contributed by atoms with van der Waals surface area (Å²) in [4.78, 5) is 4.45. The van der Waals surface area contributed by atoms with Crippen LogP contribution in [0, 0.1) is 0 Å². The maximum absolute atomic E-state index is 5.82. The third-order valence-corrected chi connectivity index (χ3v) is 3.25. The number of hydrogen-bond donors (Lipinski definition) is 1. The van der Waals surface area contributed by atoms with Gasteiger partial charge in [0.15, 0.2) is 0 Å². The molecule has 1 aromatic heterocycles. The molecule has 1 saturated heterocycles. The predicted octanol–water partition coefficient (Wildman–Crippen LogP) is 2.31. The molecule has 0 aliphatic carbocycles. The van der Waals surface area contributed by atoms with Crippen LogP contribution < -0.4 is 10.1 Å². The first-order valence-electron chi connectivity index (χ1n) is 6.69. The normalized spacial score (nSPS) is 23.9. The fraction of sp³-hybridized carbons (Fsp3) is 0.643. The first-order valence-corrected chi connectivity index (χ1v) is 6.69. The van der Waals surface area contributed by atoms with Gasteiger partial charge in [-0.25, -0.2) is 4.98 Å². The smallest absolute Gasteiger partial charge is 0.213 e. The molecule has 1 aliphatic rings. The Kier molecular flexibility index (Phi) is 4.96. The number of rotatable bonds is 5. The molecular formula is C14H22N2O2. The van der Waals surface area contributed by atoms with Gasteiger partial charge in [-0.05, 0) is 31.9 Å². The summed E-state index contributed by atoms with van der Waals surface area (Å²) >= 11 is 0. The van der Waals surface area contributed by atoms with Crippen LogP contribution in [-0.4, -0.2) is 31.3 Å². The molecule has 18 heavy (non-hydrogen) atoms. The molecular weight excluding hydrogens is 228 g/mol. The van der Waals surface area contributed by atoms with E-state index in [1.54, 1.807) is 7.11 Å². The summed E-state index contributed by atoms with van der Waals surface area (Å²) < 4.78 is 11.0. The van der Waals surface area contributed by atoms with Crippen molar-refractivity contribution in [1.29, 1.82) is 0 Å². The van der Waals surface area contributed by atoms with Crippen molar-refractivity contribution in [3.63, 3.8) is 0 Å². The van der Waals surface area contributed by atoms with E-state index in [1.165, 1.54) is 6.42 Å². The van der Waals surface area contributed by atoms with Crippen molar-refractivity contribution in [3.8, 4) is 5.88 Å². The first kappa shape index (κ1) is 13.3. The van der Waals surface area contributed by atoms with Crippen LogP contribution in [0.1, 0.15) is 38.0 Å². The van der Waals surface area contributed by atoms with Crippen LogP contribution in [0.3, 0.4) is 0 Å². The summed E-state index contributed by atoms with van der Waals surface area (Å²) in [5, 5.41) is 3.56. The van der Waals surface area contributed by atoms with E-state index in [9.17, 15) is 0 Å². The monoisotopic (exact) mass is 250 g/mol. The molecule has 0 bridgehead atoms. The number of aromatic nitrogens is 1. The molecule has 1 fully saturated rings. The molecule has 1 aliphatic heterocycles. The molecule has 0 saturated carbocycles. The van der Waals surface area contributed by atoms with E-state index in [4.69, 9.17) is 9.47 Å². The highest BCUT2D eigenvalue weighted by Crippen LogP contribution is 2.27. The maximum Gasteiger partial charge on any atom is 0.213 e. The second kappa shape index (κ2) is 6.71. The van der Waals surface area contributed by atoms with Gasteiger partial charge < -0.3 is 14.8 Å². The quantitative estimate of drug-likeness (QED) is 0.871. The number of methoxy groups -OCH3 is 1. The van der Waals surface area contributed by atoms with Crippen LogP contribution in [0.2, 0.25) is 0 Å². The topological polar surface area (TPSA) is 43.4 Å². The molecule has 0 spiro atoms. The van der Waals surface area contributed by atoms with E-state index in [1.807, 2.05) is 18.2 Å². The second-order valence-corrected chi connectivity index (χ2v) is 4.64. The lowest BCUT2D eigenvalue weighted by atomic mass is 10.0. The summed E-state index contributed by atoms with van der Waals surface area (Å²) in [7, 11) is 1.64. The number of hydrogen-bond acceptors (Lipinski definition) is 4. The van der Waals surface area contributed by atoms with E-state index in [2.05, 4.69) is 17.2 Å². The molecule has 2 heterocycles. The molecule has 4 nitrogen and oxygen atoms in total. The Hall–Kier alpha value is -1.13. The lowest BCUT2D eigenvalue weighted by molar-refractivity contribution is -0.00236. The molecule has 2 atom stereocenters. The summed E-state index contributed by atoms with van der Waals surface area (Å²) in [5.74, 6) is 0.653. The molecule has 0 aromatic carbocycles. The van der Waals surface area contributed by atoms with Crippen LogP contribution >= 0.6 is 0 Å². The summed E-state index contributed by atoms with van der Waals surface area (Å²) in [6.07, 6.45) is 3.32. The van der Waals surface area contributed by atoms with Crippen LogP contribution in [0.15, 0.2) is 18.2 Å². The zero-order valence-corrected chi connectivity index (χ0v) is 11.2. The van der Waals surface area contributed by atoms with Crippen LogP contribution in [0.4, 0.5) is 0 Å². The maximum atomic E-state index is 5.82. The van der Waals surface area contributed by atoms with Gasteiger partial charge in [-0.15, -0.1) is 0 Å². The van der Waals surface area contributed by atoms with Crippen molar-refractivity contribution >= 4 is 0 Å². The van der Waals surface area contributed by atoms with Crippen LogP contribution in [0.25, 0.3) is 0 Å². The highest BCUT2D eigenvalue weighted by atomic mass is 16.5. The van der Waals surface area contributed by atoms with Crippen molar-refractivity contribution < 1.29 is 9.47 Å². The minimum absolute atomic E-state index is 0.0863. The Bertz CT molecular complexity index is 371. The van der Waals surface area contributed by atoms with E-state index in [0.717, 1.165) is 31.7 Å². The van der Waals surface area contributed by atoms with Gasteiger partial charge in [0.1, 0.15) is 6.10 Å². The summed E-state index contributed by atoms with van der Waals surface area (Å²) in [5.41, 5.74) is 0.970. The highest BCUT2D eigenvalue weighted by Gasteiger charge is 2.24. The number of nitrogens with zero attached hydrogens (tertiary/aromatic N) is 1. The van der Waals surface area contributed by atoms with Gasteiger partial charge in [0.25, 0.3) is 0 Å². The molecule has 0 amide bonds. The average molecular weight is 250 g/mol. The lowest BCUT2D eigenvalue weighted by Gasteiger charge is -2.30. The molecule has 100 valence electrons. The molecule has 1 N–H and O–H groups in total. The fourth-order valence-electron chi connectivity index (χ4n) is 2.26.